The van der Waals surface area contributed by atoms with Gasteiger partial charge in [-0.2, -0.15) is 0 Å². The van der Waals surface area contributed by atoms with Crippen LogP contribution in [0.15, 0.2) is 4.99 Å². The van der Waals surface area contributed by atoms with Gasteiger partial charge in [0.2, 0.25) is 0 Å². The second-order valence-corrected chi connectivity index (χ2v) is 2.66. The summed E-state index contributed by atoms with van der Waals surface area (Å²) in [6.07, 6.45) is 0.834. The van der Waals surface area contributed by atoms with Crippen LogP contribution in [0.2, 0.25) is 0 Å². The van der Waals surface area contributed by atoms with Gasteiger partial charge in [0.1, 0.15) is 12.1 Å². The lowest BCUT2D eigenvalue weighted by molar-refractivity contribution is 0.153. The Morgan fingerprint density at radius 3 is 2.70 bits per heavy atom. The first-order valence-corrected chi connectivity index (χ1v) is 3.52. The maximum Gasteiger partial charge on any atom is 0.180 e. The Balaban J connectivity index is 2.68. The average molecular weight is 143 g/mol. The fourth-order valence-corrected chi connectivity index (χ4v) is 1.01. The molecule has 0 aliphatic carbocycles. The number of nitrogens with zero attached hydrogens (tertiary/aromatic N) is 1. The van der Waals surface area contributed by atoms with Crippen molar-refractivity contribution >= 4 is 5.90 Å². The highest BCUT2D eigenvalue weighted by molar-refractivity contribution is 5.75. The van der Waals surface area contributed by atoms with Crippen LogP contribution in [0.1, 0.15) is 20.3 Å². The summed E-state index contributed by atoms with van der Waals surface area (Å²) in [5.41, 5.74) is -0.329. The van der Waals surface area contributed by atoms with Crippen molar-refractivity contribution in [1.29, 1.82) is 0 Å². The number of aliphatic hydroxyl groups excluding tert-OH is 1. The first-order chi connectivity index (χ1) is 4.72. The molecule has 0 aromatic rings. The summed E-state index contributed by atoms with van der Waals surface area (Å²) in [4.78, 5) is 4.20. The summed E-state index contributed by atoms with van der Waals surface area (Å²) in [5.74, 6) is 0.691. The highest BCUT2D eigenvalue weighted by Crippen LogP contribution is 2.21. The number of hydrogen-bond acceptors (Lipinski definition) is 3. The number of ether oxygens (including phenoxy) is 1. The zero-order valence-electron chi connectivity index (χ0n) is 6.42. The van der Waals surface area contributed by atoms with E-state index in [1.807, 2.05) is 13.8 Å². The van der Waals surface area contributed by atoms with E-state index in [-0.39, 0.29) is 12.1 Å². The number of rotatable bonds is 2. The van der Waals surface area contributed by atoms with Crippen molar-refractivity contribution in [3.05, 3.63) is 0 Å². The van der Waals surface area contributed by atoms with Gasteiger partial charge in [-0.25, -0.2) is 4.99 Å². The van der Waals surface area contributed by atoms with Crippen molar-refractivity contribution in [3.63, 3.8) is 0 Å². The normalized spacial score (nSPS) is 31.7. The lowest BCUT2D eigenvalue weighted by atomic mass is 10.0. The molecule has 1 unspecified atom stereocenters. The molecule has 1 atom stereocenters. The standard InChI is InChI=1S/C7H13NO2/c1-3-7(4-9)5-10-6(2)8-7/h9H,3-5H2,1-2H3. The number of hydrogen-bond donors (Lipinski definition) is 1. The molecule has 0 fully saturated rings. The maximum atomic E-state index is 8.95. The Bertz CT molecular complexity index is 150. The molecule has 0 radical (unpaired) electrons. The molecule has 10 heavy (non-hydrogen) atoms. The molecular weight excluding hydrogens is 130 g/mol. The molecule has 0 spiro atoms. The molecule has 1 aliphatic heterocycles. The third-order valence-electron chi connectivity index (χ3n) is 1.90. The molecule has 1 N–H and O–H groups in total. The Hall–Kier alpha value is -0.570. The smallest absolute Gasteiger partial charge is 0.180 e. The molecule has 0 aromatic heterocycles. The Kier molecular flexibility index (Phi) is 1.94. The van der Waals surface area contributed by atoms with Gasteiger partial charge >= 0.3 is 0 Å². The monoisotopic (exact) mass is 143 g/mol. The van der Waals surface area contributed by atoms with Crippen LogP contribution in [0.3, 0.4) is 0 Å². The van der Waals surface area contributed by atoms with Gasteiger partial charge in [-0.15, -0.1) is 0 Å². The molecule has 58 valence electrons. The molecule has 3 nitrogen and oxygen atoms in total. The van der Waals surface area contributed by atoms with Crippen LogP contribution >= 0.6 is 0 Å². The number of aliphatic hydroxyl groups is 1. The molecule has 1 rings (SSSR count). The predicted molar refractivity (Wildman–Crippen MR) is 39.2 cm³/mol. The van der Waals surface area contributed by atoms with E-state index in [0.29, 0.717) is 12.5 Å². The van der Waals surface area contributed by atoms with Gasteiger partial charge < -0.3 is 9.84 Å². The van der Waals surface area contributed by atoms with Crippen molar-refractivity contribution in [3.8, 4) is 0 Å². The second kappa shape index (κ2) is 2.58. The predicted octanol–water partition coefficient (Wildman–Crippen LogP) is 0.576. The molecule has 1 heterocycles. The van der Waals surface area contributed by atoms with Gasteiger partial charge in [0.05, 0.1) is 6.61 Å². The topological polar surface area (TPSA) is 41.8 Å². The Labute approximate surface area is 60.7 Å². The number of aliphatic imine (C=N–C) groups is 1. The SMILES string of the molecule is CCC1(CO)COC(C)=N1. The Morgan fingerprint density at radius 2 is 2.50 bits per heavy atom. The lowest BCUT2D eigenvalue weighted by Crippen LogP contribution is -2.31. The minimum Gasteiger partial charge on any atom is -0.479 e. The van der Waals surface area contributed by atoms with Crippen LogP contribution in [-0.2, 0) is 4.74 Å². The van der Waals surface area contributed by atoms with Crippen LogP contribution in [0.25, 0.3) is 0 Å². The van der Waals surface area contributed by atoms with Crippen molar-refractivity contribution in [2.45, 2.75) is 25.8 Å². The van der Waals surface area contributed by atoms with Crippen molar-refractivity contribution < 1.29 is 9.84 Å². The highest BCUT2D eigenvalue weighted by atomic mass is 16.5. The van der Waals surface area contributed by atoms with E-state index in [1.54, 1.807) is 0 Å². The van der Waals surface area contributed by atoms with Gasteiger partial charge in [0.15, 0.2) is 5.90 Å². The molecule has 0 saturated heterocycles. The lowest BCUT2D eigenvalue weighted by Gasteiger charge is -2.17. The second-order valence-electron chi connectivity index (χ2n) is 2.66. The summed E-state index contributed by atoms with van der Waals surface area (Å²) >= 11 is 0. The molecule has 0 amide bonds. The van der Waals surface area contributed by atoms with E-state index < -0.39 is 0 Å². The maximum absolute atomic E-state index is 8.95. The zero-order chi connectivity index (χ0) is 7.61. The van der Waals surface area contributed by atoms with Gasteiger partial charge in [0.25, 0.3) is 0 Å². The summed E-state index contributed by atoms with van der Waals surface area (Å²) in [7, 11) is 0. The van der Waals surface area contributed by atoms with E-state index in [1.165, 1.54) is 0 Å². The summed E-state index contributed by atoms with van der Waals surface area (Å²) in [5, 5.41) is 8.95. The van der Waals surface area contributed by atoms with Crippen LogP contribution < -0.4 is 0 Å². The van der Waals surface area contributed by atoms with Crippen molar-refractivity contribution in [1.82, 2.24) is 0 Å². The van der Waals surface area contributed by atoms with E-state index in [4.69, 9.17) is 9.84 Å². The molecule has 0 aromatic carbocycles. The van der Waals surface area contributed by atoms with Crippen molar-refractivity contribution in [2.75, 3.05) is 13.2 Å². The minimum absolute atomic E-state index is 0.0842. The fraction of sp³-hybridized carbons (Fsp3) is 0.857. The van der Waals surface area contributed by atoms with E-state index >= 15 is 0 Å². The minimum atomic E-state index is -0.329. The van der Waals surface area contributed by atoms with Gasteiger partial charge in [0, 0.05) is 6.92 Å². The highest BCUT2D eigenvalue weighted by Gasteiger charge is 2.32. The zero-order valence-corrected chi connectivity index (χ0v) is 6.42. The van der Waals surface area contributed by atoms with Crippen LogP contribution in [0.5, 0.6) is 0 Å². The molecule has 3 heteroatoms. The molecule has 0 saturated carbocycles. The summed E-state index contributed by atoms with van der Waals surface area (Å²) in [6, 6.07) is 0. The molecule has 1 aliphatic rings. The van der Waals surface area contributed by atoms with Gasteiger partial charge in [-0.05, 0) is 6.42 Å². The quantitative estimate of drug-likeness (QED) is 0.614. The van der Waals surface area contributed by atoms with E-state index in [9.17, 15) is 0 Å². The molecular formula is C7H13NO2. The van der Waals surface area contributed by atoms with Gasteiger partial charge in [-0.1, -0.05) is 6.92 Å². The largest absolute Gasteiger partial charge is 0.479 e. The Morgan fingerprint density at radius 1 is 1.80 bits per heavy atom. The summed E-state index contributed by atoms with van der Waals surface area (Å²) in [6.45, 7) is 4.43. The van der Waals surface area contributed by atoms with E-state index in [0.717, 1.165) is 6.42 Å². The first kappa shape index (κ1) is 7.54. The molecule has 0 bridgehead atoms. The summed E-state index contributed by atoms with van der Waals surface area (Å²) < 4.78 is 5.14. The fourth-order valence-electron chi connectivity index (χ4n) is 1.01. The average Bonchev–Trinajstić information content (AvgIpc) is 2.33. The third-order valence-corrected chi connectivity index (χ3v) is 1.90. The van der Waals surface area contributed by atoms with Crippen LogP contribution in [-0.4, -0.2) is 29.8 Å². The van der Waals surface area contributed by atoms with Gasteiger partial charge in [-0.3, -0.25) is 0 Å². The van der Waals surface area contributed by atoms with Crippen LogP contribution in [0, 0.1) is 0 Å². The third kappa shape index (κ3) is 1.14. The first-order valence-electron chi connectivity index (χ1n) is 3.52. The van der Waals surface area contributed by atoms with Crippen LogP contribution in [0.4, 0.5) is 0 Å². The van der Waals surface area contributed by atoms with Crippen molar-refractivity contribution in [2.24, 2.45) is 4.99 Å². The van der Waals surface area contributed by atoms with E-state index in [2.05, 4.69) is 4.99 Å².